The Balaban J connectivity index is 1.73. The van der Waals surface area contributed by atoms with Crippen molar-refractivity contribution >= 4 is 17.0 Å². The van der Waals surface area contributed by atoms with E-state index < -0.39 is 5.97 Å². The van der Waals surface area contributed by atoms with Gasteiger partial charge in [0.2, 0.25) is 0 Å². The minimum absolute atomic E-state index is 0.122. The van der Waals surface area contributed by atoms with Crippen molar-refractivity contribution in [1.82, 2.24) is 9.13 Å². The van der Waals surface area contributed by atoms with E-state index >= 15 is 0 Å². The molecule has 0 amide bonds. The van der Waals surface area contributed by atoms with Crippen LogP contribution >= 0.6 is 0 Å². The van der Waals surface area contributed by atoms with Crippen molar-refractivity contribution < 1.29 is 24.1 Å². The molecule has 8 heteroatoms. The molecular weight excluding hydrogens is 364 g/mol. The van der Waals surface area contributed by atoms with E-state index in [4.69, 9.17) is 14.2 Å². The number of hydrogen-bond acceptors (Lipinski definition) is 5. The number of hydrogen-bond donors (Lipinski definition) is 1. The fraction of sp³-hybridized carbons (Fsp3) is 0.300. The van der Waals surface area contributed by atoms with Crippen molar-refractivity contribution in [3.05, 3.63) is 58.5 Å². The molecule has 1 aliphatic heterocycles. The Morgan fingerprint density at radius 3 is 2.71 bits per heavy atom. The molecular formula is C20H20N2O6. The monoisotopic (exact) mass is 384 g/mol. The summed E-state index contributed by atoms with van der Waals surface area (Å²) in [5, 5.41) is 9.32. The fourth-order valence-electron chi connectivity index (χ4n) is 3.38. The molecule has 1 aromatic heterocycles. The molecule has 1 N–H and O–H groups in total. The van der Waals surface area contributed by atoms with Crippen LogP contribution in [0.2, 0.25) is 0 Å². The zero-order valence-corrected chi connectivity index (χ0v) is 15.3. The van der Waals surface area contributed by atoms with Crippen LogP contribution in [0.25, 0.3) is 11.0 Å². The molecule has 0 bridgehead atoms. The number of imidazole rings is 1. The van der Waals surface area contributed by atoms with Crippen LogP contribution in [0, 0.1) is 0 Å². The van der Waals surface area contributed by atoms with E-state index in [1.54, 1.807) is 22.3 Å². The Morgan fingerprint density at radius 2 is 1.96 bits per heavy atom. The maximum absolute atomic E-state index is 13.0. The second-order valence-electron chi connectivity index (χ2n) is 6.54. The average molecular weight is 384 g/mol. The van der Waals surface area contributed by atoms with Crippen molar-refractivity contribution in [2.24, 2.45) is 0 Å². The summed E-state index contributed by atoms with van der Waals surface area (Å²) in [5.41, 5.74) is 1.08. The number of ether oxygens (including phenoxy) is 3. The van der Waals surface area contributed by atoms with Crippen molar-refractivity contribution in [1.29, 1.82) is 0 Å². The third kappa shape index (κ3) is 3.22. The molecule has 3 aromatic rings. The van der Waals surface area contributed by atoms with E-state index in [0.717, 1.165) is 0 Å². The number of fused-ring (bicyclic) bond motifs is 2. The van der Waals surface area contributed by atoms with Gasteiger partial charge in [-0.3, -0.25) is 9.13 Å². The van der Waals surface area contributed by atoms with Crippen LogP contribution in [0.3, 0.4) is 0 Å². The quantitative estimate of drug-likeness (QED) is 0.699. The van der Waals surface area contributed by atoms with Gasteiger partial charge in [-0.1, -0.05) is 12.1 Å². The summed E-state index contributed by atoms with van der Waals surface area (Å²) in [6.07, 6.45) is -0.373. The summed E-state index contributed by atoms with van der Waals surface area (Å²) in [5.74, 6) is 0.250. The molecule has 0 radical (unpaired) electrons. The van der Waals surface area contributed by atoms with E-state index in [1.807, 2.05) is 24.3 Å². The highest BCUT2D eigenvalue weighted by Gasteiger charge is 2.24. The summed E-state index contributed by atoms with van der Waals surface area (Å²) in [7, 11) is 1.57. The third-order valence-electron chi connectivity index (χ3n) is 4.74. The van der Waals surface area contributed by atoms with Crippen LogP contribution in [0.5, 0.6) is 11.5 Å². The van der Waals surface area contributed by atoms with Gasteiger partial charge in [-0.15, -0.1) is 0 Å². The average Bonchev–Trinajstić information content (AvgIpc) is 2.97. The number of carbonyl (C=O) groups is 1. The molecule has 2 aromatic carbocycles. The van der Waals surface area contributed by atoms with Gasteiger partial charge in [0.25, 0.3) is 0 Å². The normalized spacial score (nSPS) is 15.7. The highest BCUT2D eigenvalue weighted by Crippen LogP contribution is 2.31. The molecule has 28 heavy (non-hydrogen) atoms. The van der Waals surface area contributed by atoms with Gasteiger partial charge in [0, 0.05) is 7.11 Å². The van der Waals surface area contributed by atoms with Crippen molar-refractivity contribution in [2.45, 2.75) is 19.2 Å². The van der Waals surface area contributed by atoms with Crippen LogP contribution in [-0.2, 0) is 17.8 Å². The van der Waals surface area contributed by atoms with Crippen molar-refractivity contribution in [2.75, 3.05) is 20.3 Å². The summed E-state index contributed by atoms with van der Waals surface area (Å²) in [6, 6.07) is 12.0. The van der Waals surface area contributed by atoms with E-state index in [9.17, 15) is 14.7 Å². The maximum Gasteiger partial charge on any atom is 0.335 e. The third-order valence-corrected chi connectivity index (χ3v) is 4.74. The molecule has 0 unspecified atom stereocenters. The number of rotatable bonds is 6. The van der Waals surface area contributed by atoms with Gasteiger partial charge < -0.3 is 19.3 Å². The van der Waals surface area contributed by atoms with Gasteiger partial charge >= 0.3 is 11.7 Å². The van der Waals surface area contributed by atoms with Gasteiger partial charge in [0.05, 0.1) is 36.3 Å². The lowest BCUT2D eigenvalue weighted by molar-refractivity contribution is 0.0697. The maximum atomic E-state index is 13.0. The zero-order chi connectivity index (χ0) is 19.7. The van der Waals surface area contributed by atoms with E-state index in [-0.39, 0.29) is 23.9 Å². The van der Waals surface area contributed by atoms with E-state index in [1.165, 1.54) is 12.1 Å². The Labute approximate surface area is 160 Å². The van der Waals surface area contributed by atoms with E-state index in [0.29, 0.717) is 42.3 Å². The standard InChI is InChI=1S/C20H20N2O6/c1-26-9-8-21-15-7-6-13(19(23)24)10-16(15)22(20(21)25)11-14-12-27-17-4-2-3-5-18(17)28-14/h2-7,10,14H,8-9,11-12H2,1H3,(H,23,24)/t14-/m0/s1. The molecule has 4 rings (SSSR count). The minimum Gasteiger partial charge on any atom is -0.486 e. The molecule has 0 spiro atoms. The first-order chi connectivity index (χ1) is 13.6. The highest BCUT2D eigenvalue weighted by molar-refractivity contribution is 5.92. The first-order valence-corrected chi connectivity index (χ1v) is 8.92. The highest BCUT2D eigenvalue weighted by atomic mass is 16.6. The minimum atomic E-state index is -1.04. The summed E-state index contributed by atoms with van der Waals surface area (Å²) in [4.78, 5) is 24.4. The van der Waals surface area contributed by atoms with E-state index in [2.05, 4.69) is 0 Å². The molecule has 0 aliphatic carbocycles. The zero-order valence-electron chi connectivity index (χ0n) is 15.3. The van der Waals surface area contributed by atoms with Gasteiger partial charge in [0.1, 0.15) is 6.61 Å². The lowest BCUT2D eigenvalue weighted by Crippen LogP contribution is -2.37. The molecule has 1 aliphatic rings. The lowest BCUT2D eigenvalue weighted by atomic mass is 10.2. The predicted molar refractivity (Wildman–Crippen MR) is 101 cm³/mol. The molecule has 0 saturated heterocycles. The molecule has 2 heterocycles. The largest absolute Gasteiger partial charge is 0.486 e. The topological polar surface area (TPSA) is 91.9 Å². The number of methoxy groups -OCH3 is 1. The Bertz CT molecular complexity index is 1080. The molecule has 0 fully saturated rings. The van der Waals surface area contributed by atoms with Gasteiger partial charge in [-0.25, -0.2) is 9.59 Å². The van der Waals surface area contributed by atoms with Crippen LogP contribution in [0.15, 0.2) is 47.3 Å². The predicted octanol–water partition coefficient (Wildman–Crippen LogP) is 1.99. The second kappa shape index (κ2) is 7.40. The SMILES string of the molecule is COCCn1c(=O)n(C[C@H]2COc3ccccc3O2)c2cc(C(=O)O)ccc21. The van der Waals surface area contributed by atoms with Crippen LogP contribution in [0.1, 0.15) is 10.4 Å². The fourth-order valence-corrected chi connectivity index (χ4v) is 3.38. The van der Waals surface area contributed by atoms with Crippen LogP contribution in [0.4, 0.5) is 0 Å². The van der Waals surface area contributed by atoms with Crippen LogP contribution in [-0.4, -0.2) is 46.6 Å². The number of benzene rings is 2. The summed E-state index contributed by atoms with van der Waals surface area (Å²) in [6.45, 7) is 1.28. The number of aromatic carboxylic acids is 1. The number of aromatic nitrogens is 2. The van der Waals surface area contributed by atoms with Gasteiger partial charge in [-0.05, 0) is 30.3 Å². The number of carboxylic acid groups (broad SMARTS) is 1. The van der Waals surface area contributed by atoms with Crippen LogP contribution < -0.4 is 15.2 Å². The molecule has 146 valence electrons. The first kappa shape index (κ1) is 18.1. The lowest BCUT2D eigenvalue weighted by Gasteiger charge is -2.26. The smallest absolute Gasteiger partial charge is 0.335 e. The number of carboxylic acids is 1. The van der Waals surface area contributed by atoms with Crippen molar-refractivity contribution in [3.63, 3.8) is 0 Å². The Kier molecular flexibility index (Phi) is 4.79. The summed E-state index contributed by atoms with van der Waals surface area (Å²) >= 11 is 0. The van der Waals surface area contributed by atoms with Crippen molar-refractivity contribution in [3.8, 4) is 11.5 Å². The van der Waals surface area contributed by atoms with Gasteiger partial charge in [0.15, 0.2) is 17.6 Å². The first-order valence-electron chi connectivity index (χ1n) is 8.92. The number of para-hydroxylation sites is 2. The summed E-state index contributed by atoms with van der Waals surface area (Å²) < 4.78 is 19.9. The molecule has 1 atom stereocenters. The number of nitrogens with zero attached hydrogens (tertiary/aromatic N) is 2. The molecule has 0 saturated carbocycles. The van der Waals surface area contributed by atoms with Gasteiger partial charge in [-0.2, -0.15) is 0 Å². The molecule has 8 nitrogen and oxygen atoms in total. The Morgan fingerprint density at radius 1 is 1.18 bits per heavy atom. The Hall–Kier alpha value is -3.26. The second-order valence-corrected chi connectivity index (χ2v) is 6.54.